The lowest BCUT2D eigenvalue weighted by Gasteiger charge is -2.52. The van der Waals surface area contributed by atoms with Gasteiger partial charge in [-0.25, -0.2) is 0 Å². The number of para-hydroxylation sites is 1. The first kappa shape index (κ1) is 20.2. The third kappa shape index (κ3) is 4.27. The molecule has 1 spiro atoms. The van der Waals surface area contributed by atoms with Gasteiger partial charge in [0, 0.05) is 5.41 Å². The Hall–Kier alpha value is -2.08. The van der Waals surface area contributed by atoms with Crippen LogP contribution >= 0.6 is 12.2 Å². The van der Waals surface area contributed by atoms with Crippen LogP contribution in [-0.4, -0.2) is 11.3 Å². The Labute approximate surface area is 174 Å². The van der Waals surface area contributed by atoms with Gasteiger partial charge in [0.15, 0.2) is 0 Å². The zero-order valence-corrected chi connectivity index (χ0v) is 16.9. The lowest BCUT2D eigenvalue weighted by molar-refractivity contribution is -0.136. The lowest BCUT2D eigenvalue weighted by Crippen LogP contribution is -2.49. The van der Waals surface area contributed by atoms with Crippen molar-refractivity contribution in [3.05, 3.63) is 65.7 Å². The van der Waals surface area contributed by atoms with Crippen LogP contribution in [0.2, 0.25) is 0 Å². The van der Waals surface area contributed by atoms with Gasteiger partial charge in [0.2, 0.25) is 0 Å². The van der Waals surface area contributed by atoms with E-state index in [1.54, 1.807) is 6.07 Å². The fraction of sp³-hybridized carbons (Fsp3) is 0.435. The Morgan fingerprint density at radius 3 is 2.17 bits per heavy atom. The van der Waals surface area contributed by atoms with E-state index in [9.17, 15) is 13.2 Å². The zero-order chi connectivity index (χ0) is 20.5. The summed E-state index contributed by atoms with van der Waals surface area (Å²) >= 11 is 5.25. The summed E-state index contributed by atoms with van der Waals surface area (Å²) in [5, 5.41) is 2.69. The summed E-state index contributed by atoms with van der Waals surface area (Å²) in [6, 6.07) is 15.9. The molecule has 0 amide bonds. The van der Waals surface area contributed by atoms with Gasteiger partial charge in [-0.3, -0.25) is 0 Å². The predicted octanol–water partition coefficient (Wildman–Crippen LogP) is 6.93. The van der Waals surface area contributed by atoms with Crippen LogP contribution in [0.15, 0.2) is 54.6 Å². The molecule has 2 aliphatic carbocycles. The summed E-state index contributed by atoms with van der Waals surface area (Å²) in [6.45, 7) is 0. The molecular weight excluding hydrogens is 395 g/mol. The third-order valence-corrected chi connectivity index (χ3v) is 6.76. The number of ether oxygens (including phenoxy) is 1. The van der Waals surface area contributed by atoms with Gasteiger partial charge in [0.25, 0.3) is 5.17 Å². The van der Waals surface area contributed by atoms with Crippen molar-refractivity contribution in [2.75, 3.05) is 5.32 Å². The maximum Gasteiger partial charge on any atom is 0.418 e. The maximum absolute atomic E-state index is 13.2. The number of rotatable bonds is 3. The van der Waals surface area contributed by atoms with Crippen molar-refractivity contribution in [3.63, 3.8) is 0 Å². The fourth-order valence-corrected chi connectivity index (χ4v) is 5.01. The average Bonchev–Trinajstić information content (AvgIpc) is 2.72. The van der Waals surface area contributed by atoms with Crippen molar-refractivity contribution in [2.24, 2.45) is 5.41 Å². The number of hydrogen-bond donors (Lipinski definition) is 1. The number of hydrogen-bond acceptors (Lipinski definition) is 2. The van der Waals surface area contributed by atoms with Crippen molar-refractivity contribution < 1.29 is 17.9 Å². The summed E-state index contributed by atoms with van der Waals surface area (Å²) in [5.74, 6) is 0.576. The highest BCUT2D eigenvalue weighted by atomic mass is 32.1. The highest BCUT2D eigenvalue weighted by Crippen LogP contribution is 2.55. The number of alkyl halides is 3. The van der Waals surface area contributed by atoms with Crippen LogP contribution in [-0.2, 0) is 10.9 Å². The van der Waals surface area contributed by atoms with Crippen molar-refractivity contribution in [2.45, 2.75) is 56.7 Å². The Kier molecular flexibility index (Phi) is 5.56. The summed E-state index contributed by atoms with van der Waals surface area (Å²) < 4.78 is 45.5. The minimum absolute atomic E-state index is 0.0164. The number of benzene rings is 2. The first-order valence-corrected chi connectivity index (χ1v) is 10.5. The summed E-state index contributed by atoms with van der Waals surface area (Å²) in [7, 11) is 0. The molecule has 2 fully saturated rings. The molecule has 2 nitrogen and oxygen atoms in total. The maximum atomic E-state index is 13.2. The minimum Gasteiger partial charge on any atom is -0.467 e. The fourth-order valence-electron chi connectivity index (χ4n) is 4.79. The van der Waals surface area contributed by atoms with Gasteiger partial charge in [-0.1, -0.05) is 42.5 Å². The predicted molar refractivity (Wildman–Crippen MR) is 112 cm³/mol. The molecule has 0 saturated heterocycles. The highest BCUT2D eigenvalue weighted by molar-refractivity contribution is 7.80. The van der Waals surface area contributed by atoms with Crippen LogP contribution in [0.4, 0.5) is 18.9 Å². The number of anilines is 1. The molecule has 0 unspecified atom stereocenters. The number of halogens is 3. The van der Waals surface area contributed by atoms with Gasteiger partial charge >= 0.3 is 6.18 Å². The Morgan fingerprint density at radius 1 is 0.931 bits per heavy atom. The van der Waals surface area contributed by atoms with E-state index in [-0.39, 0.29) is 22.4 Å². The van der Waals surface area contributed by atoms with Crippen LogP contribution in [0.25, 0.3) is 0 Å². The quantitative estimate of drug-likeness (QED) is 0.545. The zero-order valence-electron chi connectivity index (χ0n) is 16.0. The summed E-state index contributed by atoms with van der Waals surface area (Å²) in [5.41, 5.74) is 0.699. The standard InChI is InChI=1S/C23H24F3NOS/c24-23(25,26)18-8-4-5-9-19(18)27-21(29)28-20-12-15-22(20)13-10-17(11-14-22)16-6-2-1-3-7-16/h1-9,17,20H,10-15H2,(H,27,29)/t17?,20-,22?/m0/s1. The second-order valence-electron chi connectivity index (χ2n) is 8.15. The molecule has 1 N–H and O–H groups in total. The van der Waals surface area contributed by atoms with Crippen molar-refractivity contribution in [1.82, 2.24) is 0 Å². The molecular formula is C23H24F3NOS. The van der Waals surface area contributed by atoms with Crippen molar-refractivity contribution in [3.8, 4) is 0 Å². The van der Waals surface area contributed by atoms with Gasteiger partial charge in [-0.2, -0.15) is 13.2 Å². The Balaban J connectivity index is 1.36. The van der Waals surface area contributed by atoms with E-state index < -0.39 is 11.7 Å². The van der Waals surface area contributed by atoms with E-state index >= 15 is 0 Å². The molecule has 0 aliphatic heterocycles. The topological polar surface area (TPSA) is 21.3 Å². The molecule has 0 aromatic heterocycles. The molecule has 0 bridgehead atoms. The molecule has 4 rings (SSSR count). The Bertz CT molecular complexity index is 860. The van der Waals surface area contributed by atoms with Gasteiger partial charge in [0.1, 0.15) is 6.10 Å². The highest BCUT2D eigenvalue weighted by Gasteiger charge is 2.50. The molecule has 2 aromatic carbocycles. The van der Waals surface area contributed by atoms with Gasteiger partial charge in [-0.15, -0.1) is 0 Å². The largest absolute Gasteiger partial charge is 0.467 e. The van der Waals surface area contributed by atoms with E-state index in [0.29, 0.717) is 5.92 Å². The smallest absolute Gasteiger partial charge is 0.418 e. The van der Waals surface area contributed by atoms with E-state index in [2.05, 4.69) is 29.6 Å². The van der Waals surface area contributed by atoms with Gasteiger partial charge < -0.3 is 10.1 Å². The molecule has 2 aliphatic rings. The molecule has 1 atom stereocenters. The molecule has 154 valence electrons. The monoisotopic (exact) mass is 419 g/mol. The van der Waals surface area contributed by atoms with E-state index in [1.807, 2.05) is 6.07 Å². The SMILES string of the molecule is FC(F)(F)c1ccccc1NC(=S)O[C@H]1CCC12CCC(c1ccccc1)CC2. The van der Waals surface area contributed by atoms with Crippen LogP contribution in [0.5, 0.6) is 0 Å². The molecule has 0 heterocycles. The molecule has 6 heteroatoms. The van der Waals surface area contributed by atoms with Crippen LogP contribution in [0, 0.1) is 5.41 Å². The number of thiocarbonyl (C=S) groups is 1. The average molecular weight is 420 g/mol. The van der Waals surface area contributed by atoms with Crippen LogP contribution in [0.1, 0.15) is 55.6 Å². The normalized spacial score (nSPS) is 26.6. The van der Waals surface area contributed by atoms with Crippen molar-refractivity contribution in [1.29, 1.82) is 0 Å². The Morgan fingerprint density at radius 2 is 1.55 bits per heavy atom. The van der Waals surface area contributed by atoms with E-state index in [1.165, 1.54) is 17.7 Å². The van der Waals surface area contributed by atoms with Gasteiger partial charge in [-0.05, 0) is 74.4 Å². The van der Waals surface area contributed by atoms with Gasteiger partial charge in [0.05, 0.1) is 11.3 Å². The third-order valence-electron chi connectivity index (χ3n) is 6.56. The van der Waals surface area contributed by atoms with E-state index in [4.69, 9.17) is 17.0 Å². The molecule has 2 aromatic rings. The lowest BCUT2D eigenvalue weighted by atomic mass is 9.56. The first-order chi connectivity index (χ1) is 13.9. The van der Waals surface area contributed by atoms with E-state index in [0.717, 1.165) is 44.6 Å². The second-order valence-corrected chi connectivity index (χ2v) is 8.52. The second kappa shape index (κ2) is 7.98. The van der Waals surface area contributed by atoms with Crippen LogP contribution in [0.3, 0.4) is 0 Å². The molecule has 0 radical (unpaired) electrons. The summed E-state index contributed by atoms with van der Waals surface area (Å²) in [4.78, 5) is 0. The molecule has 29 heavy (non-hydrogen) atoms. The van der Waals surface area contributed by atoms with Crippen LogP contribution < -0.4 is 5.32 Å². The van der Waals surface area contributed by atoms with Crippen molar-refractivity contribution >= 4 is 23.1 Å². The molecule has 2 saturated carbocycles. The first-order valence-electron chi connectivity index (χ1n) is 10.1. The minimum atomic E-state index is -4.44. The number of nitrogens with one attached hydrogen (secondary N) is 1. The summed E-state index contributed by atoms with van der Waals surface area (Å²) in [6.07, 6.45) is 1.91.